The molecular formula is C16H28N2O. The summed E-state index contributed by atoms with van der Waals surface area (Å²) in [5, 5.41) is 3.58. The van der Waals surface area contributed by atoms with E-state index in [4.69, 9.17) is 4.74 Å². The molecule has 1 aromatic rings. The summed E-state index contributed by atoms with van der Waals surface area (Å²) in [6, 6.07) is 7.07. The van der Waals surface area contributed by atoms with Gasteiger partial charge in [-0.25, -0.2) is 0 Å². The SMILES string of the molecule is COCCN(C)CCNC(C)c1ccc(C)cc1C. The molecule has 0 aromatic heterocycles. The highest BCUT2D eigenvalue weighted by Crippen LogP contribution is 2.18. The number of benzene rings is 1. The van der Waals surface area contributed by atoms with Gasteiger partial charge < -0.3 is 15.0 Å². The zero-order chi connectivity index (χ0) is 14.3. The average Bonchev–Trinajstić information content (AvgIpc) is 2.36. The van der Waals surface area contributed by atoms with Crippen LogP contribution in [-0.4, -0.2) is 45.3 Å². The molecule has 0 aliphatic heterocycles. The van der Waals surface area contributed by atoms with E-state index >= 15 is 0 Å². The fraction of sp³-hybridized carbons (Fsp3) is 0.625. The van der Waals surface area contributed by atoms with Crippen molar-refractivity contribution < 1.29 is 4.74 Å². The van der Waals surface area contributed by atoms with Crippen LogP contribution in [0.3, 0.4) is 0 Å². The van der Waals surface area contributed by atoms with Gasteiger partial charge in [0.1, 0.15) is 0 Å². The number of nitrogens with one attached hydrogen (secondary N) is 1. The van der Waals surface area contributed by atoms with Gasteiger partial charge in [0.05, 0.1) is 6.61 Å². The van der Waals surface area contributed by atoms with E-state index in [-0.39, 0.29) is 0 Å². The molecule has 0 saturated heterocycles. The Kier molecular flexibility index (Phi) is 7.06. The Bertz CT molecular complexity index is 379. The van der Waals surface area contributed by atoms with Gasteiger partial charge >= 0.3 is 0 Å². The molecule has 1 unspecified atom stereocenters. The number of aryl methyl sites for hydroxylation is 2. The number of rotatable bonds is 8. The standard InChI is InChI=1S/C16H28N2O/c1-13-6-7-16(14(2)12-13)15(3)17-8-9-18(4)10-11-19-5/h6-7,12,15,17H,8-11H2,1-5H3. The van der Waals surface area contributed by atoms with Gasteiger partial charge in [0, 0.05) is 32.8 Å². The van der Waals surface area contributed by atoms with Crippen LogP contribution in [0, 0.1) is 13.8 Å². The summed E-state index contributed by atoms with van der Waals surface area (Å²) in [5.41, 5.74) is 4.09. The Hall–Kier alpha value is -0.900. The maximum atomic E-state index is 5.07. The molecule has 1 rings (SSSR count). The number of ether oxygens (including phenoxy) is 1. The van der Waals surface area contributed by atoms with Gasteiger partial charge in [-0.05, 0) is 38.9 Å². The average molecular weight is 264 g/mol. The van der Waals surface area contributed by atoms with Crippen molar-refractivity contribution in [3.63, 3.8) is 0 Å². The van der Waals surface area contributed by atoms with Gasteiger partial charge in [-0.15, -0.1) is 0 Å². The first-order valence-corrected chi connectivity index (χ1v) is 7.02. The third-order valence-electron chi connectivity index (χ3n) is 3.51. The molecule has 1 aromatic carbocycles. The molecule has 0 aliphatic rings. The molecule has 1 N–H and O–H groups in total. The molecule has 0 bridgehead atoms. The number of nitrogens with zero attached hydrogens (tertiary/aromatic N) is 1. The molecule has 0 radical (unpaired) electrons. The lowest BCUT2D eigenvalue weighted by molar-refractivity contribution is 0.161. The Balaban J connectivity index is 2.36. The summed E-state index contributed by atoms with van der Waals surface area (Å²) in [4.78, 5) is 2.28. The van der Waals surface area contributed by atoms with E-state index in [0.717, 1.165) is 26.2 Å². The lowest BCUT2D eigenvalue weighted by atomic mass is 10.0. The van der Waals surface area contributed by atoms with E-state index in [1.54, 1.807) is 7.11 Å². The van der Waals surface area contributed by atoms with Crippen LogP contribution >= 0.6 is 0 Å². The minimum absolute atomic E-state index is 0.399. The molecule has 0 fully saturated rings. The Morgan fingerprint density at radius 2 is 2.00 bits per heavy atom. The van der Waals surface area contributed by atoms with Crippen molar-refractivity contribution in [3.05, 3.63) is 34.9 Å². The molecule has 0 amide bonds. The fourth-order valence-electron chi connectivity index (χ4n) is 2.25. The molecule has 19 heavy (non-hydrogen) atoms. The first-order chi connectivity index (χ1) is 9.04. The topological polar surface area (TPSA) is 24.5 Å². The first kappa shape index (κ1) is 16.2. The van der Waals surface area contributed by atoms with E-state index in [2.05, 4.69) is 56.2 Å². The van der Waals surface area contributed by atoms with Gasteiger partial charge in [0.2, 0.25) is 0 Å². The third-order valence-corrected chi connectivity index (χ3v) is 3.51. The molecule has 0 saturated carbocycles. The van der Waals surface area contributed by atoms with Crippen molar-refractivity contribution >= 4 is 0 Å². The van der Waals surface area contributed by atoms with Crippen LogP contribution in [-0.2, 0) is 4.74 Å². The highest BCUT2D eigenvalue weighted by molar-refractivity contribution is 5.32. The summed E-state index contributed by atoms with van der Waals surface area (Å²) in [5.74, 6) is 0. The number of hydrogen-bond acceptors (Lipinski definition) is 3. The molecule has 3 heteroatoms. The first-order valence-electron chi connectivity index (χ1n) is 7.02. The van der Waals surface area contributed by atoms with Crippen LogP contribution in [0.1, 0.15) is 29.7 Å². The van der Waals surface area contributed by atoms with Crippen molar-refractivity contribution in [3.8, 4) is 0 Å². The third kappa shape index (κ3) is 5.72. The summed E-state index contributed by atoms with van der Waals surface area (Å²) in [7, 11) is 3.87. The second-order valence-electron chi connectivity index (χ2n) is 5.33. The number of hydrogen-bond donors (Lipinski definition) is 1. The van der Waals surface area contributed by atoms with Crippen molar-refractivity contribution in [1.82, 2.24) is 10.2 Å². The lowest BCUT2D eigenvalue weighted by Crippen LogP contribution is -2.32. The maximum absolute atomic E-state index is 5.07. The van der Waals surface area contributed by atoms with Crippen LogP contribution in [0.4, 0.5) is 0 Å². The molecule has 0 heterocycles. The largest absolute Gasteiger partial charge is 0.383 e. The van der Waals surface area contributed by atoms with E-state index in [9.17, 15) is 0 Å². The van der Waals surface area contributed by atoms with Crippen LogP contribution < -0.4 is 5.32 Å². The second kappa shape index (κ2) is 8.31. The molecular weight excluding hydrogens is 236 g/mol. The van der Waals surface area contributed by atoms with E-state index in [0.29, 0.717) is 6.04 Å². The summed E-state index contributed by atoms with van der Waals surface area (Å²) in [6.07, 6.45) is 0. The van der Waals surface area contributed by atoms with Gasteiger partial charge in [0.15, 0.2) is 0 Å². The summed E-state index contributed by atoms with van der Waals surface area (Å²) in [6.45, 7) is 10.4. The predicted octanol–water partition coefficient (Wildman–Crippen LogP) is 2.53. The molecule has 1 atom stereocenters. The fourth-order valence-corrected chi connectivity index (χ4v) is 2.25. The highest BCUT2D eigenvalue weighted by Gasteiger charge is 2.08. The van der Waals surface area contributed by atoms with Crippen molar-refractivity contribution in [2.75, 3.05) is 40.4 Å². The Labute approximate surface area is 118 Å². The van der Waals surface area contributed by atoms with Gasteiger partial charge in [0.25, 0.3) is 0 Å². The van der Waals surface area contributed by atoms with Crippen LogP contribution in [0.15, 0.2) is 18.2 Å². The van der Waals surface area contributed by atoms with Gasteiger partial charge in [-0.3, -0.25) is 0 Å². The monoisotopic (exact) mass is 264 g/mol. The zero-order valence-corrected chi connectivity index (χ0v) is 13.0. The van der Waals surface area contributed by atoms with Crippen molar-refractivity contribution in [2.24, 2.45) is 0 Å². The quantitative estimate of drug-likeness (QED) is 0.781. The van der Waals surface area contributed by atoms with Crippen molar-refractivity contribution in [2.45, 2.75) is 26.8 Å². The lowest BCUT2D eigenvalue weighted by Gasteiger charge is -2.20. The molecule has 0 spiro atoms. The van der Waals surface area contributed by atoms with E-state index in [1.165, 1.54) is 16.7 Å². The smallest absolute Gasteiger partial charge is 0.0589 e. The summed E-state index contributed by atoms with van der Waals surface area (Å²) < 4.78 is 5.07. The second-order valence-corrected chi connectivity index (χ2v) is 5.33. The minimum atomic E-state index is 0.399. The Morgan fingerprint density at radius 1 is 1.26 bits per heavy atom. The predicted molar refractivity (Wildman–Crippen MR) is 81.7 cm³/mol. The van der Waals surface area contributed by atoms with E-state index < -0.39 is 0 Å². The normalized spacial score (nSPS) is 12.9. The number of likely N-dealkylation sites (N-methyl/N-ethyl adjacent to an activating group) is 1. The maximum Gasteiger partial charge on any atom is 0.0589 e. The highest BCUT2D eigenvalue weighted by atomic mass is 16.5. The zero-order valence-electron chi connectivity index (χ0n) is 13.0. The van der Waals surface area contributed by atoms with Crippen LogP contribution in [0.25, 0.3) is 0 Å². The molecule has 0 aliphatic carbocycles. The van der Waals surface area contributed by atoms with E-state index in [1.807, 2.05) is 0 Å². The Morgan fingerprint density at radius 3 is 2.63 bits per heavy atom. The van der Waals surface area contributed by atoms with Gasteiger partial charge in [-0.1, -0.05) is 23.8 Å². The minimum Gasteiger partial charge on any atom is -0.383 e. The van der Waals surface area contributed by atoms with Crippen molar-refractivity contribution in [1.29, 1.82) is 0 Å². The molecule has 3 nitrogen and oxygen atoms in total. The van der Waals surface area contributed by atoms with Crippen LogP contribution in [0.5, 0.6) is 0 Å². The van der Waals surface area contributed by atoms with Crippen LogP contribution in [0.2, 0.25) is 0 Å². The summed E-state index contributed by atoms with van der Waals surface area (Å²) >= 11 is 0. The van der Waals surface area contributed by atoms with Gasteiger partial charge in [-0.2, -0.15) is 0 Å². The number of methoxy groups -OCH3 is 1. The molecule has 108 valence electrons.